The molecule has 6 heteroatoms. The Morgan fingerprint density at radius 3 is 2.46 bits per heavy atom. The summed E-state index contributed by atoms with van der Waals surface area (Å²) in [7, 11) is 0. The highest BCUT2D eigenvalue weighted by Crippen LogP contribution is 2.33. The summed E-state index contributed by atoms with van der Waals surface area (Å²) in [5.74, 6) is -0.611. The van der Waals surface area contributed by atoms with E-state index in [0.717, 1.165) is 27.3 Å². The number of nitrogens with zero attached hydrogens (tertiary/aromatic N) is 2. The van der Waals surface area contributed by atoms with Gasteiger partial charge in [0.2, 0.25) is 0 Å². The minimum atomic E-state index is -0.323. The van der Waals surface area contributed by atoms with Crippen LogP contribution in [0.25, 0.3) is 5.57 Å². The summed E-state index contributed by atoms with van der Waals surface area (Å²) in [4.78, 5) is 32.4. The molecule has 0 unspecified atom stereocenters. The van der Waals surface area contributed by atoms with E-state index in [-0.39, 0.29) is 18.4 Å². The number of pyridine rings is 1. The van der Waals surface area contributed by atoms with Crippen molar-refractivity contribution in [3.8, 4) is 0 Å². The second kappa shape index (κ2) is 7.40. The number of anilines is 1. The van der Waals surface area contributed by atoms with Gasteiger partial charge in [-0.25, -0.2) is 0 Å². The summed E-state index contributed by atoms with van der Waals surface area (Å²) in [6.45, 7) is 4.20. The Labute approximate surface area is 167 Å². The van der Waals surface area contributed by atoms with E-state index in [4.69, 9.17) is 0 Å². The lowest BCUT2D eigenvalue weighted by Gasteiger charge is -2.15. The van der Waals surface area contributed by atoms with Crippen molar-refractivity contribution in [3.63, 3.8) is 0 Å². The van der Waals surface area contributed by atoms with E-state index in [9.17, 15) is 9.59 Å². The van der Waals surface area contributed by atoms with Crippen molar-refractivity contribution in [3.05, 3.63) is 87.5 Å². The Hall–Kier alpha value is -3.25. The van der Waals surface area contributed by atoms with Gasteiger partial charge < -0.3 is 5.32 Å². The van der Waals surface area contributed by atoms with Crippen molar-refractivity contribution >= 4 is 34.4 Å². The predicted molar refractivity (Wildman–Crippen MR) is 111 cm³/mol. The highest BCUT2D eigenvalue weighted by atomic mass is 32.1. The Kier molecular flexibility index (Phi) is 4.79. The molecule has 140 valence electrons. The third kappa shape index (κ3) is 3.46. The maximum atomic E-state index is 13.2. The van der Waals surface area contributed by atoms with Gasteiger partial charge in [-0.2, -0.15) is 0 Å². The summed E-state index contributed by atoms with van der Waals surface area (Å²) in [5.41, 5.74) is 4.52. The van der Waals surface area contributed by atoms with Gasteiger partial charge in [-0.3, -0.25) is 19.5 Å². The average molecular weight is 389 g/mol. The fourth-order valence-electron chi connectivity index (χ4n) is 3.35. The summed E-state index contributed by atoms with van der Waals surface area (Å²) >= 11 is 1.44. The van der Waals surface area contributed by atoms with Crippen LogP contribution >= 0.6 is 11.3 Å². The third-order valence-electron chi connectivity index (χ3n) is 4.49. The second-order valence-electron chi connectivity index (χ2n) is 6.79. The molecule has 2 aromatic heterocycles. The highest BCUT2D eigenvalue weighted by Gasteiger charge is 2.39. The fourth-order valence-corrected chi connectivity index (χ4v) is 4.12. The molecule has 0 saturated carbocycles. The molecule has 1 N–H and O–H groups in total. The maximum absolute atomic E-state index is 13.2. The van der Waals surface area contributed by atoms with Gasteiger partial charge in [0.1, 0.15) is 5.70 Å². The van der Waals surface area contributed by atoms with Crippen molar-refractivity contribution in [1.29, 1.82) is 0 Å². The van der Waals surface area contributed by atoms with E-state index >= 15 is 0 Å². The number of hydrogen-bond donors (Lipinski definition) is 1. The molecule has 0 aliphatic carbocycles. The van der Waals surface area contributed by atoms with Crippen LogP contribution < -0.4 is 5.32 Å². The molecular formula is C22H19N3O2S. The molecule has 0 atom stereocenters. The minimum absolute atomic E-state index is 0.193. The number of carbonyl (C=O) groups is 2. The molecule has 1 aromatic carbocycles. The van der Waals surface area contributed by atoms with Crippen molar-refractivity contribution in [2.45, 2.75) is 20.4 Å². The zero-order valence-electron chi connectivity index (χ0n) is 15.6. The van der Waals surface area contributed by atoms with Crippen molar-refractivity contribution in [2.24, 2.45) is 0 Å². The maximum Gasteiger partial charge on any atom is 0.278 e. The predicted octanol–water partition coefficient (Wildman–Crippen LogP) is 4.15. The first kappa shape index (κ1) is 18.1. The molecule has 28 heavy (non-hydrogen) atoms. The van der Waals surface area contributed by atoms with E-state index in [0.29, 0.717) is 11.3 Å². The number of benzene rings is 1. The van der Waals surface area contributed by atoms with E-state index < -0.39 is 0 Å². The van der Waals surface area contributed by atoms with Crippen LogP contribution in [0.5, 0.6) is 0 Å². The topological polar surface area (TPSA) is 62.3 Å². The summed E-state index contributed by atoms with van der Waals surface area (Å²) < 4.78 is 0. The number of rotatable bonds is 5. The van der Waals surface area contributed by atoms with Gasteiger partial charge in [0.05, 0.1) is 12.1 Å². The number of carbonyl (C=O) groups excluding carboxylic acids is 2. The van der Waals surface area contributed by atoms with Gasteiger partial charge in [0.25, 0.3) is 11.8 Å². The van der Waals surface area contributed by atoms with Crippen molar-refractivity contribution < 1.29 is 9.59 Å². The molecule has 1 aliphatic rings. The van der Waals surface area contributed by atoms with Gasteiger partial charge in [-0.15, -0.1) is 11.3 Å². The Morgan fingerprint density at radius 2 is 1.82 bits per heavy atom. The quantitative estimate of drug-likeness (QED) is 0.666. The van der Waals surface area contributed by atoms with Crippen LogP contribution in [0.15, 0.2) is 65.9 Å². The molecule has 0 bridgehead atoms. The van der Waals surface area contributed by atoms with E-state index in [1.807, 2.05) is 49.6 Å². The van der Waals surface area contributed by atoms with Crippen LogP contribution in [-0.2, 0) is 16.1 Å². The Balaban J connectivity index is 1.73. The monoisotopic (exact) mass is 389 g/mol. The molecule has 2 amide bonds. The number of aromatic nitrogens is 1. The number of aryl methyl sites for hydroxylation is 2. The van der Waals surface area contributed by atoms with Gasteiger partial charge in [-0.1, -0.05) is 18.2 Å². The molecule has 0 fully saturated rings. The average Bonchev–Trinajstić information content (AvgIpc) is 3.25. The van der Waals surface area contributed by atoms with E-state index in [1.165, 1.54) is 16.2 Å². The number of hydrogen-bond acceptors (Lipinski definition) is 5. The molecule has 1 aliphatic heterocycles. The molecule has 0 radical (unpaired) electrons. The standard InChI is InChI=1S/C22H19N3O2S/c1-14-9-15(2)11-17(10-14)24-20-19(18-6-4-8-28-18)21(26)25(22(20)27)13-16-5-3-7-23-12-16/h3-12,24H,13H2,1-2H3. The van der Waals surface area contributed by atoms with Gasteiger partial charge >= 0.3 is 0 Å². The zero-order chi connectivity index (χ0) is 19.7. The number of nitrogens with one attached hydrogen (secondary N) is 1. The van der Waals surface area contributed by atoms with E-state index in [1.54, 1.807) is 18.5 Å². The molecule has 0 saturated heterocycles. The Bertz CT molecular complexity index is 1050. The lowest BCUT2D eigenvalue weighted by Crippen LogP contribution is -2.32. The Morgan fingerprint density at radius 1 is 1.04 bits per heavy atom. The van der Waals surface area contributed by atoms with Crippen molar-refractivity contribution in [1.82, 2.24) is 9.88 Å². The van der Waals surface area contributed by atoms with Crippen LogP contribution in [0.1, 0.15) is 21.6 Å². The summed E-state index contributed by atoms with van der Waals surface area (Å²) in [6.07, 6.45) is 3.33. The summed E-state index contributed by atoms with van der Waals surface area (Å²) in [6, 6.07) is 13.4. The van der Waals surface area contributed by atoms with Crippen LogP contribution in [-0.4, -0.2) is 21.7 Å². The SMILES string of the molecule is Cc1cc(C)cc(NC2=C(c3cccs3)C(=O)N(Cc3cccnc3)C2=O)c1. The van der Waals surface area contributed by atoms with Gasteiger partial charge in [-0.05, 0) is 60.2 Å². The normalized spacial score (nSPS) is 14.1. The first-order valence-corrected chi connectivity index (χ1v) is 9.79. The number of amides is 2. The first-order valence-electron chi connectivity index (χ1n) is 8.91. The van der Waals surface area contributed by atoms with Crippen LogP contribution in [0.4, 0.5) is 5.69 Å². The van der Waals surface area contributed by atoms with E-state index in [2.05, 4.69) is 16.4 Å². The largest absolute Gasteiger partial charge is 0.350 e. The molecule has 5 nitrogen and oxygen atoms in total. The third-order valence-corrected chi connectivity index (χ3v) is 5.38. The number of imide groups is 1. The molecule has 0 spiro atoms. The molecular weight excluding hydrogens is 370 g/mol. The molecule has 4 rings (SSSR count). The zero-order valence-corrected chi connectivity index (χ0v) is 16.4. The number of thiophene rings is 1. The van der Waals surface area contributed by atoms with Crippen molar-refractivity contribution in [2.75, 3.05) is 5.32 Å². The smallest absolute Gasteiger partial charge is 0.278 e. The molecule has 3 heterocycles. The lowest BCUT2D eigenvalue weighted by atomic mass is 10.1. The van der Waals surface area contributed by atoms with Crippen LogP contribution in [0, 0.1) is 13.8 Å². The summed E-state index contributed by atoms with van der Waals surface area (Å²) in [5, 5.41) is 5.12. The highest BCUT2D eigenvalue weighted by molar-refractivity contribution is 7.11. The fraction of sp³-hybridized carbons (Fsp3) is 0.136. The second-order valence-corrected chi connectivity index (χ2v) is 7.73. The van der Waals surface area contributed by atoms with Gasteiger partial charge in [0.15, 0.2) is 0 Å². The first-order chi connectivity index (χ1) is 13.5. The van der Waals surface area contributed by atoms with Crippen LogP contribution in [0.2, 0.25) is 0 Å². The minimum Gasteiger partial charge on any atom is -0.350 e. The van der Waals surface area contributed by atoms with Gasteiger partial charge in [0, 0.05) is 23.0 Å². The lowest BCUT2D eigenvalue weighted by molar-refractivity contribution is -0.137. The molecule has 3 aromatic rings. The van der Waals surface area contributed by atoms with Crippen LogP contribution in [0.3, 0.4) is 0 Å².